The summed E-state index contributed by atoms with van der Waals surface area (Å²) >= 11 is 0. The lowest BCUT2D eigenvalue weighted by Crippen LogP contribution is -2.46. The van der Waals surface area contributed by atoms with E-state index in [2.05, 4.69) is 46.9 Å². The van der Waals surface area contributed by atoms with Crippen molar-refractivity contribution in [2.45, 2.75) is 78.0 Å². The highest BCUT2D eigenvalue weighted by Gasteiger charge is 2.45. The van der Waals surface area contributed by atoms with Gasteiger partial charge in [0.25, 0.3) is 0 Å². The molecule has 0 amide bonds. The first-order valence-corrected chi connectivity index (χ1v) is 7.12. The predicted octanol–water partition coefficient (Wildman–Crippen LogP) is 2.72. The van der Waals surface area contributed by atoms with Crippen LogP contribution < -0.4 is 5.32 Å². The fraction of sp³-hybridized carbons (Fsp3) is 1.00. The normalized spacial score (nSPS) is 26.5. The van der Waals surface area contributed by atoms with Gasteiger partial charge in [0.05, 0.1) is 11.2 Å². The summed E-state index contributed by atoms with van der Waals surface area (Å²) in [5, 5.41) is 12.6. The van der Waals surface area contributed by atoms with Crippen molar-refractivity contribution in [2.24, 2.45) is 5.41 Å². The number of ether oxygens (including phenoxy) is 1. The third-order valence-corrected chi connectivity index (χ3v) is 3.91. The second-order valence-electron chi connectivity index (χ2n) is 7.59. The Balaban J connectivity index is 2.48. The third kappa shape index (κ3) is 4.52. The summed E-state index contributed by atoms with van der Waals surface area (Å²) in [6.07, 6.45) is 2.98. The van der Waals surface area contributed by atoms with E-state index in [1.165, 1.54) is 0 Å². The highest BCUT2D eigenvalue weighted by molar-refractivity contribution is 4.99. The minimum atomic E-state index is -0.101. The minimum absolute atomic E-state index is 0.0313. The molecule has 0 saturated carbocycles. The van der Waals surface area contributed by atoms with Gasteiger partial charge in [-0.15, -0.1) is 0 Å². The molecule has 18 heavy (non-hydrogen) atoms. The van der Waals surface area contributed by atoms with Gasteiger partial charge < -0.3 is 15.2 Å². The van der Waals surface area contributed by atoms with Crippen LogP contribution in [0.5, 0.6) is 0 Å². The monoisotopic (exact) mass is 257 g/mol. The van der Waals surface area contributed by atoms with Gasteiger partial charge in [-0.1, -0.05) is 13.8 Å². The zero-order valence-electron chi connectivity index (χ0n) is 13.0. The van der Waals surface area contributed by atoms with E-state index < -0.39 is 0 Å². The van der Waals surface area contributed by atoms with Crippen LogP contribution in [0.25, 0.3) is 0 Å². The van der Waals surface area contributed by atoms with Gasteiger partial charge in [-0.05, 0) is 52.4 Å². The molecular formula is C15H31NO2. The maximum absolute atomic E-state index is 8.92. The zero-order valence-corrected chi connectivity index (χ0v) is 13.0. The van der Waals surface area contributed by atoms with Crippen molar-refractivity contribution in [1.82, 2.24) is 5.32 Å². The first kappa shape index (κ1) is 15.9. The van der Waals surface area contributed by atoms with Crippen molar-refractivity contribution >= 4 is 0 Å². The Morgan fingerprint density at radius 3 is 2.33 bits per heavy atom. The minimum Gasteiger partial charge on any atom is -0.396 e. The first-order valence-electron chi connectivity index (χ1n) is 7.12. The molecule has 3 nitrogen and oxygen atoms in total. The van der Waals surface area contributed by atoms with Crippen LogP contribution in [0.1, 0.15) is 60.8 Å². The number of hydrogen-bond acceptors (Lipinski definition) is 3. The van der Waals surface area contributed by atoms with Gasteiger partial charge in [0.2, 0.25) is 0 Å². The highest BCUT2D eigenvalue weighted by Crippen LogP contribution is 2.37. The number of nitrogens with one attached hydrogen (secondary N) is 1. The third-order valence-electron chi connectivity index (χ3n) is 3.91. The van der Waals surface area contributed by atoms with Gasteiger partial charge in [0.1, 0.15) is 0 Å². The Morgan fingerprint density at radius 2 is 1.89 bits per heavy atom. The average molecular weight is 257 g/mol. The van der Waals surface area contributed by atoms with Gasteiger partial charge >= 0.3 is 0 Å². The Morgan fingerprint density at radius 1 is 1.28 bits per heavy atom. The molecule has 3 heteroatoms. The molecule has 0 aromatic heterocycles. The van der Waals surface area contributed by atoms with Crippen molar-refractivity contribution in [1.29, 1.82) is 0 Å². The smallest absolute Gasteiger partial charge is 0.0787 e. The summed E-state index contributed by atoms with van der Waals surface area (Å²) < 4.78 is 6.09. The Bertz CT molecular complexity index is 272. The highest BCUT2D eigenvalue weighted by atomic mass is 16.5. The molecule has 1 heterocycles. The molecule has 1 fully saturated rings. The zero-order chi connectivity index (χ0) is 14.0. The van der Waals surface area contributed by atoms with Gasteiger partial charge in [0, 0.05) is 19.2 Å². The van der Waals surface area contributed by atoms with Crippen LogP contribution in [0.3, 0.4) is 0 Å². The molecule has 0 aromatic rings. The molecule has 0 aliphatic carbocycles. The van der Waals surface area contributed by atoms with Gasteiger partial charge in [-0.25, -0.2) is 0 Å². The largest absolute Gasteiger partial charge is 0.396 e. The van der Waals surface area contributed by atoms with Crippen LogP contribution >= 0.6 is 0 Å². The van der Waals surface area contributed by atoms with E-state index in [1.807, 2.05) is 0 Å². The van der Waals surface area contributed by atoms with Crippen LogP contribution in [0.4, 0.5) is 0 Å². The van der Waals surface area contributed by atoms with E-state index in [0.717, 1.165) is 25.8 Å². The fourth-order valence-corrected chi connectivity index (χ4v) is 2.93. The van der Waals surface area contributed by atoms with Gasteiger partial charge in [-0.3, -0.25) is 0 Å². The summed E-state index contributed by atoms with van der Waals surface area (Å²) in [6, 6.07) is 0.404. The van der Waals surface area contributed by atoms with Crippen molar-refractivity contribution < 1.29 is 9.84 Å². The van der Waals surface area contributed by atoms with Crippen molar-refractivity contribution in [3.63, 3.8) is 0 Å². The van der Waals surface area contributed by atoms with Crippen molar-refractivity contribution in [3.05, 3.63) is 0 Å². The molecule has 1 rings (SSSR count). The molecule has 1 aliphatic rings. The summed E-state index contributed by atoms with van der Waals surface area (Å²) in [4.78, 5) is 0. The van der Waals surface area contributed by atoms with Gasteiger partial charge in [0.15, 0.2) is 0 Å². The standard InChI is InChI=1S/C15H31NO2/c1-13(2,8-7-9-17)11-16-12-10-14(3,4)18-15(12,5)6/h12,16-17H,7-11H2,1-6H3. The van der Waals surface area contributed by atoms with E-state index >= 15 is 0 Å². The van der Waals surface area contributed by atoms with Crippen molar-refractivity contribution in [2.75, 3.05) is 13.2 Å². The molecule has 0 aromatic carbocycles. The molecule has 1 atom stereocenters. The quantitative estimate of drug-likeness (QED) is 0.769. The summed E-state index contributed by atoms with van der Waals surface area (Å²) in [5.74, 6) is 0. The Hall–Kier alpha value is -0.120. The van der Waals surface area contributed by atoms with E-state index in [0.29, 0.717) is 6.04 Å². The molecule has 1 saturated heterocycles. The van der Waals surface area contributed by atoms with Gasteiger partial charge in [-0.2, -0.15) is 0 Å². The maximum Gasteiger partial charge on any atom is 0.0787 e. The van der Waals surface area contributed by atoms with Crippen LogP contribution in [-0.4, -0.2) is 35.5 Å². The average Bonchev–Trinajstić information content (AvgIpc) is 2.41. The van der Waals surface area contributed by atoms with Crippen LogP contribution in [0.15, 0.2) is 0 Å². The molecule has 0 bridgehead atoms. The lowest BCUT2D eigenvalue weighted by molar-refractivity contribution is -0.0702. The fourth-order valence-electron chi connectivity index (χ4n) is 2.93. The number of aliphatic hydroxyl groups excluding tert-OH is 1. The molecular weight excluding hydrogens is 226 g/mol. The van der Waals surface area contributed by atoms with E-state index in [9.17, 15) is 0 Å². The SMILES string of the molecule is CC(C)(CCCO)CNC1CC(C)(C)OC1(C)C. The van der Waals surface area contributed by atoms with Crippen LogP contribution in [0.2, 0.25) is 0 Å². The number of aliphatic hydroxyl groups is 1. The van der Waals surface area contributed by atoms with Crippen LogP contribution in [-0.2, 0) is 4.74 Å². The lowest BCUT2D eigenvalue weighted by Gasteiger charge is -2.32. The summed E-state index contributed by atoms with van der Waals surface area (Å²) in [5.41, 5.74) is 0.0957. The number of rotatable bonds is 6. The second kappa shape index (κ2) is 5.48. The molecule has 0 radical (unpaired) electrons. The maximum atomic E-state index is 8.92. The summed E-state index contributed by atoms with van der Waals surface area (Å²) in [6.45, 7) is 14.4. The molecule has 108 valence electrons. The van der Waals surface area contributed by atoms with Crippen LogP contribution in [0, 0.1) is 5.41 Å². The molecule has 0 spiro atoms. The Kier molecular flexibility index (Phi) is 4.85. The second-order valence-corrected chi connectivity index (χ2v) is 7.59. The van der Waals surface area contributed by atoms with E-state index in [1.54, 1.807) is 0 Å². The number of hydrogen-bond donors (Lipinski definition) is 2. The molecule has 2 N–H and O–H groups in total. The Labute approximate surface area is 112 Å². The van der Waals surface area contributed by atoms with Crippen molar-refractivity contribution in [3.8, 4) is 0 Å². The summed E-state index contributed by atoms with van der Waals surface area (Å²) in [7, 11) is 0. The molecule has 1 aliphatic heterocycles. The predicted molar refractivity (Wildman–Crippen MR) is 75.8 cm³/mol. The first-order chi connectivity index (χ1) is 8.08. The van der Waals surface area contributed by atoms with E-state index in [-0.39, 0.29) is 23.2 Å². The topological polar surface area (TPSA) is 41.5 Å². The molecule has 1 unspecified atom stereocenters. The van der Waals surface area contributed by atoms with E-state index in [4.69, 9.17) is 9.84 Å². The lowest BCUT2D eigenvalue weighted by atomic mass is 9.86.